The molecule has 3 atom stereocenters. The van der Waals surface area contributed by atoms with Crippen LogP contribution in [0.2, 0.25) is 0 Å². The predicted molar refractivity (Wildman–Crippen MR) is 220 cm³/mol. The summed E-state index contributed by atoms with van der Waals surface area (Å²) in [5.41, 5.74) is 4.95. The molecule has 18 heteroatoms. The van der Waals surface area contributed by atoms with Gasteiger partial charge in [-0.3, -0.25) is 18.6 Å². The van der Waals surface area contributed by atoms with Gasteiger partial charge in [0.15, 0.2) is 0 Å². The van der Waals surface area contributed by atoms with E-state index in [-0.39, 0.29) is 70.0 Å². The minimum Gasteiger partial charge on any atom is -0.391 e. The van der Waals surface area contributed by atoms with Crippen molar-refractivity contribution in [2.75, 3.05) is 79.2 Å². The number of benzene rings is 2. The molecule has 0 unspecified atom stereocenters. The Morgan fingerprint density at radius 1 is 0.847 bits per heavy atom. The highest BCUT2D eigenvalue weighted by atomic mass is 32.2. The van der Waals surface area contributed by atoms with Crippen molar-refractivity contribution < 1.29 is 55.8 Å². The number of β-amino-alcohol motifs (C(OH)–C–C–N with tert-alkyl or cyclic N) is 1. The van der Waals surface area contributed by atoms with Crippen molar-refractivity contribution in [2.24, 2.45) is 5.41 Å². The Morgan fingerprint density at radius 3 is 1.95 bits per heavy atom. The molecule has 2 heterocycles. The SMILES string of the molecule is Cc1ccc(S(=O)(=O)OCCOCCOCCOCCOCCOCC(=O)N[C@H](C(=O)N2C[C@H](O)C[C@H]2C(=O)NCc2ccc(-c3scnc3C)cc2)C(C)(C)C)cc1. The fraction of sp³-hybridized carbons (Fsp3) is 0.561. The fourth-order valence-corrected chi connectivity index (χ4v) is 7.71. The Hall–Kier alpha value is -3.85. The van der Waals surface area contributed by atoms with Gasteiger partial charge in [0, 0.05) is 19.5 Å². The molecule has 0 bridgehead atoms. The molecule has 3 aromatic rings. The number of aryl methyl sites for hydroxylation is 2. The number of hydrogen-bond acceptors (Lipinski definition) is 14. The van der Waals surface area contributed by atoms with Crippen LogP contribution in [0.3, 0.4) is 0 Å². The van der Waals surface area contributed by atoms with Crippen molar-refractivity contribution in [2.45, 2.75) is 70.7 Å². The van der Waals surface area contributed by atoms with E-state index < -0.39 is 45.5 Å². The lowest BCUT2D eigenvalue weighted by molar-refractivity contribution is -0.144. The maximum atomic E-state index is 13.8. The summed E-state index contributed by atoms with van der Waals surface area (Å²) in [5.74, 6) is -1.33. The summed E-state index contributed by atoms with van der Waals surface area (Å²) in [6.07, 6.45) is -0.783. The van der Waals surface area contributed by atoms with E-state index >= 15 is 0 Å². The zero-order valence-electron chi connectivity index (χ0n) is 34.5. The van der Waals surface area contributed by atoms with Crippen LogP contribution in [-0.4, -0.2) is 139 Å². The average Bonchev–Trinajstić information content (AvgIpc) is 3.81. The van der Waals surface area contributed by atoms with E-state index in [1.54, 1.807) is 29.0 Å². The first-order valence-corrected chi connectivity index (χ1v) is 21.8. The van der Waals surface area contributed by atoms with Crippen molar-refractivity contribution in [3.05, 3.63) is 70.9 Å². The first-order chi connectivity index (χ1) is 28.2. The van der Waals surface area contributed by atoms with Crippen LogP contribution >= 0.6 is 11.3 Å². The average molecular weight is 863 g/mol. The number of amides is 3. The van der Waals surface area contributed by atoms with Gasteiger partial charge in [-0.25, -0.2) is 4.98 Å². The number of carbonyl (C=O) groups is 3. The summed E-state index contributed by atoms with van der Waals surface area (Å²) in [6, 6.07) is 12.4. The molecule has 1 aromatic heterocycles. The summed E-state index contributed by atoms with van der Waals surface area (Å²) in [6.45, 7) is 11.5. The van der Waals surface area contributed by atoms with Crippen LogP contribution in [0, 0.1) is 19.3 Å². The fourth-order valence-electron chi connectivity index (χ4n) is 6.00. The molecular weight excluding hydrogens is 805 g/mol. The number of aromatic nitrogens is 1. The van der Waals surface area contributed by atoms with Crippen LogP contribution in [0.25, 0.3) is 10.4 Å². The van der Waals surface area contributed by atoms with Crippen LogP contribution < -0.4 is 10.6 Å². The molecule has 16 nitrogen and oxygen atoms in total. The topological polar surface area (TPSA) is 201 Å². The Labute approximate surface area is 351 Å². The summed E-state index contributed by atoms with van der Waals surface area (Å²) < 4.78 is 56.5. The lowest BCUT2D eigenvalue weighted by Gasteiger charge is -2.35. The zero-order chi connectivity index (χ0) is 42.8. The summed E-state index contributed by atoms with van der Waals surface area (Å²) in [4.78, 5) is 46.9. The van der Waals surface area contributed by atoms with Crippen molar-refractivity contribution in [1.29, 1.82) is 0 Å². The molecule has 3 amide bonds. The van der Waals surface area contributed by atoms with Gasteiger partial charge in [0.2, 0.25) is 17.7 Å². The van der Waals surface area contributed by atoms with Crippen LogP contribution in [0.15, 0.2) is 58.9 Å². The highest BCUT2D eigenvalue weighted by Crippen LogP contribution is 2.28. The first kappa shape index (κ1) is 47.8. The molecule has 0 aliphatic carbocycles. The standard InChI is InChI=1S/C41H58N4O12S2/c1-29-6-12-34(13-7-29)59(50,51)57-23-22-55-19-18-53-15-14-52-16-17-54-20-21-56-27-36(47)44-38(41(3,4)5)40(49)45-26-33(46)24-35(45)39(48)42-25-31-8-10-32(11-9-31)37-30(2)43-28-58-37/h6-13,28,33,35,38,46H,14-27H2,1-5H3,(H,42,48)(H,44,47)/t33-,35+,38-/m1/s1. The second-order valence-corrected chi connectivity index (χ2v) is 17.5. The second-order valence-electron chi connectivity index (χ2n) is 15.0. The molecular formula is C41H58N4O12S2. The molecule has 3 N–H and O–H groups in total. The van der Waals surface area contributed by atoms with Crippen molar-refractivity contribution >= 4 is 39.2 Å². The van der Waals surface area contributed by atoms with E-state index in [1.165, 1.54) is 17.0 Å². The van der Waals surface area contributed by atoms with Crippen molar-refractivity contribution in [1.82, 2.24) is 20.5 Å². The summed E-state index contributed by atoms with van der Waals surface area (Å²) >= 11 is 1.57. The number of nitrogens with one attached hydrogen (secondary N) is 2. The van der Waals surface area contributed by atoms with Gasteiger partial charge < -0.3 is 44.3 Å². The molecule has 0 radical (unpaired) electrons. The van der Waals surface area contributed by atoms with Gasteiger partial charge >= 0.3 is 0 Å². The van der Waals surface area contributed by atoms with Gasteiger partial charge in [0.25, 0.3) is 10.1 Å². The number of nitrogens with zero attached hydrogens (tertiary/aromatic N) is 2. The minimum atomic E-state index is -3.82. The number of ether oxygens (including phenoxy) is 5. The maximum absolute atomic E-state index is 13.8. The van der Waals surface area contributed by atoms with Crippen LogP contribution in [0.4, 0.5) is 0 Å². The molecule has 1 saturated heterocycles. The molecule has 0 saturated carbocycles. The molecule has 1 aliphatic heterocycles. The number of rotatable bonds is 25. The maximum Gasteiger partial charge on any atom is 0.297 e. The minimum absolute atomic E-state index is 0.0225. The predicted octanol–water partition coefficient (Wildman–Crippen LogP) is 3.02. The number of hydrogen-bond donors (Lipinski definition) is 3. The van der Waals surface area contributed by atoms with Crippen LogP contribution in [0.1, 0.15) is 44.0 Å². The molecule has 59 heavy (non-hydrogen) atoms. The number of carbonyl (C=O) groups excluding carboxylic acids is 3. The molecule has 2 aromatic carbocycles. The molecule has 4 rings (SSSR count). The van der Waals surface area contributed by atoms with Gasteiger partial charge in [-0.2, -0.15) is 8.42 Å². The Balaban J connectivity index is 1.04. The van der Waals surface area contributed by atoms with Crippen LogP contribution in [0.5, 0.6) is 0 Å². The molecule has 1 fully saturated rings. The quantitative estimate of drug-likeness (QED) is 0.0831. The zero-order valence-corrected chi connectivity index (χ0v) is 36.1. The Morgan fingerprint density at radius 2 is 1.41 bits per heavy atom. The number of likely N-dealkylation sites (tertiary alicyclic amines) is 1. The third-order valence-electron chi connectivity index (χ3n) is 9.21. The van der Waals surface area contributed by atoms with Gasteiger partial charge in [-0.15, -0.1) is 11.3 Å². The second kappa shape index (κ2) is 23.8. The monoisotopic (exact) mass is 862 g/mol. The van der Waals surface area contributed by atoms with E-state index in [0.29, 0.717) is 33.0 Å². The Bertz CT molecular complexity index is 1870. The summed E-state index contributed by atoms with van der Waals surface area (Å²) in [7, 11) is -3.82. The lowest BCUT2D eigenvalue weighted by atomic mass is 9.85. The van der Waals surface area contributed by atoms with E-state index in [1.807, 2.05) is 58.9 Å². The third-order valence-corrected chi connectivity index (χ3v) is 11.5. The van der Waals surface area contributed by atoms with Crippen molar-refractivity contribution in [3.8, 4) is 10.4 Å². The normalized spacial score (nSPS) is 16.3. The molecule has 0 spiro atoms. The first-order valence-electron chi connectivity index (χ1n) is 19.6. The number of aliphatic hydroxyl groups excluding tert-OH is 1. The van der Waals surface area contributed by atoms with Crippen molar-refractivity contribution in [3.63, 3.8) is 0 Å². The van der Waals surface area contributed by atoms with E-state index in [9.17, 15) is 27.9 Å². The number of aliphatic hydroxyl groups is 1. The van der Waals surface area contributed by atoms with Gasteiger partial charge in [-0.1, -0.05) is 62.7 Å². The highest BCUT2D eigenvalue weighted by Gasteiger charge is 2.44. The lowest BCUT2D eigenvalue weighted by Crippen LogP contribution is -2.58. The Kier molecular flexibility index (Phi) is 19.3. The third kappa shape index (κ3) is 15.9. The summed E-state index contributed by atoms with van der Waals surface area (Å²) in [5, 5.41) is 16.2. The molecule has 1 aliphatic rings. The number of thiazole rings is 1. The largest absolute Gasteiger partial charge is 0.391 e. The van der Waals surface area contributed by atoms with E-state index in [2.05, 4.69) is 15.6 Å². The van der Waals surface area contributed by atoms with Crippen LogP contribution in [-0.2, 0) is 58.9 Å². The van der Waals surface area contributed by atoms with Gasteiger partial charge in [-0.05, 0) is 42.5 Å². The van der Waals surface area contributed by atoms with E-state index in [0.717, 1.165) is 27.3 Å². The highest BCUT2D eigenvalue weighted by molar-refractivity contribution is 7.86. The smallest absolute Gasteiger partial charge is 0.297 e. The van der Waals surface area contributed by atoms with Gasteiger partial charge in [0.05, 0.1) is 93.1 Å². The molecule has 326 valence electrons. The van der Waals surface area contributed by atoms with E-state index in [4.69, 9.17) is 27.9 Å². The van der Waals surface area contributed by atoms with Gasteiger partial charge in [0.1, 0.15) is 18.7 Å².